The van der Waals surface area contributed by atoms with Crippen LogP contribution in [0, 0.1) is 0 Å². The number of Topliss-reactive ketones (excluding diaryl/α,β-unsaturated/α-hetero) is 1. The monoisotopic (exact) mass is 410 g/mol. The molecule has 29 heavy (non-hydrogen) atoms. The lowest BCUT2D eigenvalue weighted by Gasteiger charge is -2.41. The summed E-state index contributed by atoms with van der Waals surface area (Å²) < 4.78 is 0. The number of piperazine rings is 1. The van der Waals surface area contributed by atoms with Crippen molar-refractivity contribution in [3.05, 3.63) is 59.5 Å². The predicted molar refractivity (Wildman–Crippen MR) is 113 cm³/mol. The number of aromatic amines is 1. The van der Waals surface area contributed by atoms with Gasteiger partial charge in [0.05, 0.1) is 22.5 Å². The van der Waals surface area contributed by atoms with Gasteiger partial charge < -0.3 is 4.90 Å². The zero-order valence-electron chi connectivity index (χ0n) is 16.3. The number of carbonyl (C=O) groups excluding carboxylic acids is 1. The zero-order chi connectivity index (χ0) is 20.2. The van der Waals surface area contributed by atoms with Gasteiger partial charge >= 0.3 is 0 Å². The van der Waals surface area contributed by atoms with Gasteiger partial charge in [0.15, 0.2) is 11.6 Å². The molecule has 0 amide bonds. The van der Waals surface area contributed by atoms with Crippen LogP contribution in [0.25, 0.3) is 11.5 Å². The minimum Gasteiger partial charge on any atom is -0.365 e. The van der Waals surface area contributed by atoms with Crippen LogP contribution in [0.2, 0.25) is 5.02 Å². The molecule has 1 fully saturated rings. The summed E-state index contributed by atoms with van der Waals surface area (Å²) in [4.78, 5) is 25.9. The normalized spacial score (nSPS) is 17.4. The standard InChI is InChI=1S/C21H23ClN6O/c1-15-14-27(11-12-28(15)18-6-3-2-5-17(18)22)10-7-19(29)16-13-25-26-20(16)21-23-8-4-9-24-21/h2-6,8-9,13,15H,7,10-12,14H2,1H3,(H,25,26). The third-order valence-corrected chi connectivity index (χ3v) is 5.58. The van der Waals surface area contributed by atoms with Crippen molar-refractivity contribution in [1.82, 2.24) is 25.1 Å². The fourth-order valence-corrected chi connectivity index (χ4v) is 4.01. The maximum atomic E-state index is 12.8. The molecule has 1 aromatic carbocycles. The van der Waals surface area contributed by atoms with E-state index in [9.17, 15) is 4.79 Å². The lowest BCUT2D eigenvalue weighted by Crippen LogP contribution is -2.52. The summed E-state index contributed by atoms with van der Waals surface area (Å²) in [5, 5.41) is 7.64. The van der Waals surface area contributed by atoms with Gasteiger partial charge in [-0.15, -0.1) is 0 Å². The average Bonchev–Trinajstić information content (AvgIpc) is 3.23. The van der Waals surface area contributed by atoms with E-state index in [1.54, 1.807) is 24.7 Å². The molecule has 150 valence electrons. The van der Waals surface area contributed by atoms with Crippen LogP contribution in [-0.2, 0) is 0 Å². The summed E-state index contributed by atoms with van der Waals surface area (Å²) >= 11 is 6.37. The first kappa shape index (κ1) is 19.5. The maximum Gasteiger partial charge on any atom is 0.178 e. The molecule has 0 bridgehead atoms. The molecule has 1 N–H and O–H groups in total. The highest BCUT2D eigenvalue weighted by molar-refractivity contribution is 6.33. The maximum absolute atomic E-state index is 12.8. The molecule has 1 unspecified atom stereocenters. The highest BCUT2D eigenvalue weighted by Crippen LogP contribution is 2.28. The van der Waals surface area contributed by atoms with Gasteiger partial charge in [0, 0.05) is 51.0 Å². The second kappa shape index (κ2) is 8.71. The van der Waals surface area contributed by atoms with Crippen LogP contribution >= 0.6 is 11.6 Å². The molecule has 2 aromatic heterocycles. The van der Waals surface area contributed by atoms with Gasteiger partial charge in [0.2, 0.25) is 0 Å². The van der Waals surface area contributed by atoms with Gasteiger partial charge in [0.25, 0.3) is 0 Å². The second-order valence-electron chi connectivity index (χ2n) is 7.20. The van der Waals surface area contributed by atoms with Crippen LogP contribution in [0.3, 0.4) is 0 Å². The molecular formula is C21H23ClN6O. The van der Waals surface area contributed by atoms with Crippen molar-refractivity contribution in [3.63, 3.8) is 0 Å². The number of nitrogens with one attached hydrogen (secondary N) is 1. The van der Waals surface area contributed by atoms with Crippen molar-refractivity contribution < 1.29 is 4.79 Å². The van der Waals surface area contributed by atoms with Crippen LogP contribution in [0.15, 0.2) is 48.9 Å². The van der Waals surface area contributed by atoms with Gasteiger partial charge in [-0.25, -0.2) is 9.97 Å². The number of benzene rings is 1. The number of carbonyl (C=O) groups is 1. The van der Waals surface area contributed by atoms with E-state index >= 15 is 0 Å². The Morgan fingerprint density at radius 3 is 2.76 bits per heavy atom. The van der Waals surface area contributed by atoms with Gasteiger partial charge in [0.1, 0.15) is 5.69 Å². The number of H-pyrrole nitrogens is 1. The van der Waals surface area contributed by atoms with Crippen LogP contribution in [0.4, 0.5) is 5.69 Å². The minimum absolute atomic E-state index is 0.0439. The molecule has 0 spiro atoms. The molecule has 8 heteroatoms. The van der Waals surface area contributed by atoms with Crippen LogP contribution in [0.5, 0.6) is 0 Å². The number of rotatable bonds is 6. The molecule has 4 rings (SSSR count). The molecule has 1 saturated heterocycles. The zero-order valence-corrected chi connectivity index (χ0v) is 17.0. The largest absolute Gasteiger partial charge is 0.365 e. The summed E-state index contributed by atoms with van der Waals surface area (Å²) in [5.41, 5.74) is 2.19. The van der Waals surface area contributed by atoms with Gasteiger partial charge in [-0.3, -0.25) is 14.8 Å². The molecule has 1 aliphatic rings. The number of halogens is 1. The number of anilines is 1. The fourth-order valence-electron chi connectivity index (χ4n) is 3.77. The summed E-state index contributed by atoms with van der Waals surface area (Å²) in [6.45, 7) is 5.56. The Kier molecular flexibility index (Phi) is 5.87. The van der Waals surface area contributed by atoms with E-state index in [-0.39, 0.29) is 5.78 Å². The number of aromatic nitrogens is 4. The molecule has 7 nitrogen and oxygen atoms in total. The van der Waals surface area contributed by atoms with E-state index in [2.05, 4.69) is 43.0 Å². The Bertz CT molecular complexity index is 976. The Hall–Kier alpha value is -2.77. The number of para-hydroxylation sites is 1. The van der Waals surface area contributed by atoms with Crippen molar-refractivity contribution >= 4 is 23.1 Å². The van der Waals surface area contributed by atoms with Crippen LogP contribution in [0.1, 0.15) is 23.7 Å². The Balaban J connectivity index is 1.36. The summed E-state index contributed by atoms with van der Waals surface area (Å²) in [7, 11) is 0. The van der Waals surface area contributed by atoms with Crippen LogP contribution < -0.4 is 4.90 Å². The Morgan fingerprint density at radius 2 is 2.00 bits per heavy atom. The molecule has 0 radical (unpaired) electrons. The summed E-state index contributed by atoms with van der Waals surface area (Å²) in [5.74, 6) is 0.526. The topological polar surface area (TPSA) is 78.0 Å². The fraction of sp³-hybridized carbons (Fsp3) is 0.333. The number of ketones is 1. The van der Waals surface area contributed by atoms with E-state index < -0.39 is 0 Å². The van der Waals surface area contributed by atoms with E-state index in [0.29, 0.717) is 36.1 Å². The third kappa shape index (κ3) is 4.31. The number of hydrogen-bond acceptors (Lipinski definition) is 6. The SMILES string of the molecule is CC1CN(CCC(=O)c2cn[nH]c2-c2ncccn2)CCN1c1ccccc1Cl. The Labute approximate surface area is 174 Å². The summed E-state index contributed by atoms with van der Waals surface area (Å²) in [6, 6.07) is 10.0. The predicted octanol–water partition coefficient (Wildman–Crippen LogP) is 3.30. The molecule has 3 aromatic rings. The van der Waals surface area contributed by atoms with Crippen molar-refractivity contribution in [2.24, 2.45) is 0 Å². The molecule has 1 atom stereocenters. The first-order valence-corrected chi connectivity index (χ1v) is 10.1. The average molecular weight is 411 g/mol. The van der Waals surface area contributed by atoms with Crippen molar-refractivity contribution in [2.45, 2.75) is 19.4 Å². The summed E-state index contributed by atoms with van der Waals surface area (Å²) in [6.07, 6.45) is 5.29. The molecule has 1 aliphatic heterocycles. The Morgan fingerprint density at radius 1 is 1.21 bits per heavy atom. The number of hydrogen-bond donors (Lipinski definition) is 1. The highest BCUT2D eigenvalue weighted by Gasteiger charge is 2.26. The van der Waals surface area contributed by atoms with Gasteiger partial charge in [-0.1, -0.05) is 23.7 Å². The van der Waals surface area contributed by atoms with Crippen molar-refractivity contribution in [2.75, 3.05) is 31.1 Å². The second-order valence-corrected chi connectivity index (χ2v) is 7.61. The smallest absolute Gasteiger partial charge is 0.178 e. The molecule has 0 saturated carbocycles. The third-order valence-electron chi connectivity index (χ3n) is 5.26. The van der Waals surface area contributed by atoms with Crippen molar-refractivity contribution in [3.8, 4) is 11.5 Å². The first-order chi connectivity index (χ1) is 14.1. The number of nitrogens with zero attached hydrogens (tertiary/aromatic N) is 5. The minimum atomic E-state index is 0.0439. The quantitative estimate of drug-likeness (QED) is 0.628. The van der Waals surface area contributed by atoms with Gasteiger partial charge in [-0.05, 0) is 25.1 Å². The highest BCUT2D eigenvalue weighted by atomic mass is 35.5. The van der Waals surface area contributed by atoms with Gasteiger partial charge in [-0.2, -0.15) is 5.10 Å². The first-order valence-electron chi connectivity index (χ1n) is 9.71. The lowest BCUT2D eigenvalue weighted by atomic mass is 10.1. The van der Waals surface area contributed by atoms with Crippen LogP contribution in [-0.4, -0.2) is 63.1 Å². The lowest BCUT2D eigenvalue weighted by molar-refractivity contribution is 0.0959. The van der Waals surface area contributed by atoms with Crippen molar-refractivity contribution in [1.29, 1.82) is 0 Å². The van der Waals surface area contributed by atoms with E-state index in [1.807, 2.05) is 18.2 Å². The van der Waals surface area contributed by atoms with E-state index in [0.717, 1.165) is 30.3 Å². The molecular weight excluding hydrogens is 388 g/mol. The molecule has 0 aliphatic carbocycles. The van der Waals surface area contributed by atoms with E-state index in [4.69, 9.17) is 11.6 Å². The van der Waals surface area contributed by atoms with E-state index in [1.165, 1.54) is 0 Å². The molecule has 3 heterocycles.